The summed E-state index contributed by atoms with van der Waals surface area (Å²) in [5, 5.41) is 1.44. The van der Waals surface area contributed by atoms with Crippen molar-refractivity contribution in [2.75, 3.05) is 6.54 Å². The van der Waals surface area contributed by atoms with Gasteiger partial charge in [-0.25, -0.2) is 0 Å². The first-order valence-electron chi connectivity index (χ1n) is 4.63. The Kier molecular flexibility index (Phi) is 8.95. The van der Waals surface area contributed by atoms with Crippen LogP contribution in [0.1, 0.15) is 39.5 Å². The molecule has 0 amide bonds. The van der Waals surface area contributed by atoms with Gasteiger partial charge in [0, 0.05) is 0 Å². The second-order valence-corrected chi connectivity index (χ2v) is 6.22. The molecule has 0 spiro atoms. The van der Waals surface area contributed by atoms with E-state index in [1.807, 2.05) is 0 Å². The van der Waals surface area contributed by atoms with Crippen molar-refractivity contribution in [2.45, 2.75) is 49.7 Å². The van der Waals surface area contributed by atoms with Crippen molar-refractivity contribution in [3.05, 3.63) is 0 Å². The van der Waals surface area contributed by atoms with E-state index in [1.165, 1.54) is 31.0 Å². The van der Waals surface area contributed by atoms with E-state index >= 15 is 0 Å². The number of hydrogen-bond donors (Lipinski definition) is 1. The molecule has 2 heteroatoms. The first-order chi connectivity index (χ1) is 5.31. The Morgan fingerprint density at radius 1 is 1.27 bits per heavy atom. The van der Waals surface area contributed by atoms with E-state index in [2.05, 4.69) is 13.8 Å². The van der Waals surface area contributed by atoms with Crippen LogP contribution in [-0.2, 0) is 0 Å². The summed E-state index contributed by atoms with van der Waals surface area (Å²) >= 11 is 0.808. The second kappa shape index (κ2) is 8.57. The molecule has 0 aromatic rings. The Balaban J connectivity index is 2.89. The van der Waals surface area contributed by atoms with Crippen molar-refractivity contribution in [2.24, 2.45) is 5.73 Å². The summed E-state index contributed by atoms with van der Waals surface area (Å²) in [7, 11) is 0. The third kappa shape index (κ3) is 8.39. The molecule has 0 aliphatic carbocycles. The van der Waals surface area contributed by atoms with Gasteiger partial charge in [0.25, 0.3) is 0 Å². The van der Waals surface area contributed by atoms with Crippen LogP contribution in [0.2, 0.25) is 10.1 Å². The van der Waals surface area contributed by atoms with Crippen LogP contribution in [-0.4, -0.2) is 21.5 Å². The van der Waals surface area contributed by atoms with E-state index in [9.17, 15) is 0 Å². The molecular formula is C9H21NSe. The molecule has 0 aliphatic heterocycles. The molecule has 0 rings (SSSR count). The molecule has 0 aliphatic rings. The van der Waals surface area contributed by atoms with E-state index in [1.54, 1.807) is 0 Å². The molecule has 0 aromatic carbocycles. The van der Waals surface area contributed by atoms with Gasteiger partial charge in [-0.1, -0.05) is 0 Å². The summed E-state index contributed by atoms with van der Waals surface area (Å²) in [6, 6.07) is 0. The maximum atomic E-state index is 5.53. The number of nitrogens with two attached hydrogens (primary N) is 1. The summed E-state index contributed by atoms with van der Waals surface area (Å²) in [5.41, 5.74) is 5.53. The van der Waals surface area contributed by atoms with Gasteiger partial charge in [0.05, 0.1) is 0 Å². The molecule has 11 heavy (non-hydrogen) atoms. The summed E-state index contributed by atoms with van der Waals surface area (Å²) in [4.78, 5) is 0.795. The molecule has 0 heterocycles. The van der Waals surface area contributed by atoms with E-state index in [0.717, 1.165) is 26.3 Å². The fraction of sp³-hybridized carbons (Fsp3) is 1.00. The average molecular weight is 222 g/mol. The molecule has 1 nitrogen and oxygen atoms in total. The van der Waals surface area contributed by atoms with Crippen molar-refractivity contribution in [1.29, 1.82) is 0 Å². The third-order valence-corrected chi connectivity index (χ3v) is 4.43. The summed E-state index contributed by atoms with van der Waals surface area (Å²) in [5.74, 6) is 0. The van der Waals surface area contributed by atoms with Crippen LogP contribution in [0.4, 0.5) is 0 Å². The van der Waals surface area contributed by atoms with Crippen LogP contribution in [0.3, 0.4) is 0 Å². The fourth-order valence-corrected chi connectivity index (χ4v) is 2.79. The van der Waals surface area contributed by atoms with E-state index < -0.39 is 0 Å². The van der Waals surface area contributed by atoms with E-state index in [4.69, 9.17) is 5.73 Å². The van der Waals surface area contributed by atoms with Crippen molar-refractivity contribution in [1.82, 2.24) is 0 Å². The van der Waals surface area contributed by atoms with E-state index in [-0.39, 0.29) is 0 Å². The Labute approximate surface area is 77.3 Å². The van der Waals surface area contributed by atoms with Crippen LogP contribution in [0.25, 0.3) is 0 Å². The third-order valence-electron chi connectivity index (χ3n) is 1.73. The molecule has 1 atom stereocenters. The first-order valence-corrected chi connectivity index (χ1v) is 6.83. The van der Waals surface area contributed by atoms with Gasteiger partial charge in [0.1, 0.15) is 0 Å². The Morgan fingerprint density at radius 2 is 2.00 bits per heavy atom. The monoisotopic (exact) mass is 223 g/mol. The summed E-state index contributed by atoms with van der Waals surface area (Å²) in [6.45, 7) is 5.40. The quantitative estimate of drug-likeness (QED) is 0.519. The molecule has 0 bridgehead atoms. The number of rotatable bonds is 7. The van der Waals surface area contributed by atoms with Gasteiger partial charge in [-0.2, -0.15) is 0 Å². The minimum absolute atomic E-state index is 0.795. The first kappa shape index (κ1) is 11.5. The normalized spacial score (nSPS) is 13.4. The van der Waals surface area contributed by atoms with Crippen molar-refractivity contribution in [3.63, 3.8) is 0 Å². The Morgan fingerprint density at radius 3 is 2.55 bits per heavy atom. The van der Waals surface area contributed by atoms with Crippen LogP contribution < -0.4 is 5.73 Å². The van der Waals surface area contributed by atoms with Crippen LogP contribution in [0, 0.1) is 0 Å². The zero-order valence-corrected chi connectivity index (χ0v) is 9.52. The Hall–Kier alpha value is 0.479. The van der Waals surface area contributed by atoms with Crippen LogP contribution in [0.15, 0.2) is 0 Å². The van der Waals surface area contributed by atoms with Gasteiger partial charge in [0.15, 0.2) is 0 Å². The topological polar surface area (TPSA) is 26.0 Å². The number of unbranched alkanes of at least 4 members (excludes halogenated alkanes) is 3. The van der Waals surface area contributed by atoms with E-state index in [0.29, 0.717) is 0 Å². The maximum absolute atomic E-state index is 5.53. The van der Waals surface area contributed by atoms with Crippen LogP contribution >= 0.6 is 0 Å². The zero-order chi connectivity index (χ0) is 8.53. The van der Waals surface area contributed by atoms with Crippen LogP contribution in [0.5, 0.6) is 0 Å². The molecule has 0 saturated carbocycles. The van der Waals surface area contributed by atoms with Gasteiger partial charge in [-0.3, -0.25) is 0 Å². The van der Waals surface area contributed by atoms with Crippen molar-refractivity contribution < 1.29 is 0 Å². The second-order valence-electron chi connectivity index (χ2n) is 2.98. The predicted octanol–water partition coefficient (Wildman–Crippen LogP) is 2.46. The molecule has 0 radical (unpaired) electrons. The molecular weight excluding hydrogens is 201 g/mol. The minimum atomic E-state index is 0.795. The summed E-state index contributed by atoms with van der Waals surface area (Å²) in [6.07, 6.45) is 5.61. The van der Waals surface area contributed by atoms with Gasteiger partial charge < -0.3 is 0 Å². The molecule has 0 fully saturated rings. The molecule has 0 aromatic heterocycles. The van der Waals surface area contributed by atoms with Gasteiger partial charge in [-0.05, 0) is 0 Å². The standard InChI is InChI=1S/C9H21NSe/c1-3-4-5-6-7-11-9(2)8-10/h9H,3-8,10H2,1-2H3. The van der Waals surface area contributed by atoms with Gasteiger partial charge in [0.2, 0.25) is 0 Å². The van der Waals surface area contributed by atoms with Crippen molar-refractivity contribution in [3.8, 4) is 0 Å². The zero-order valence-electron chi connectivity index (χ0n) is 7.81. The van der Waals surface area contributed by atoms with Crippen molar-refractivity contribution >= 4 is 15.0 Å². The average Bonchev–Trinajstić information content (AvgIpc) is 2.04. The summed E-state index contributed by atoms with van der Waals surface area (Å²) < 4.78 is 0. The fourth-order valence-electron chi connectivity index (χ4n) is 0.881. The molecule has 68 valence electrons. The number of hydrogen-bond acceptors (Lipinski definition) is 1. The SMILES string of the molecule is CCCCCC[Se]C(C)CN. The predicted molar refractivity (Wildman–Crippen MR) is 53.2 cm³/mol. The molecule has 1 unspecified atom stereocenters. The molecule has 0 saturated heterocycles. The van der Waals surface area contributed by atoms with Gasteiger partial charge in [-0.15, -0.1) is 0 Å². The Bertz CT molecular complexity index is 76.0. The van der Waals surface area contributed by atoms with Gasteiger partial charge >= 0.3 is 76.9 Å². The molecule has 2 N–H and O–H groups in total.